The Morgan fingerprint density at radius 1 is 1.14 bits per heavy atom. The smallest absolute Gasteiger partial charge is 0.121 e. The highest BCUT2D eigenvalue weighted by Crippen LogP contribution is 2.33. The van der Waals surface area contributed by atoms with Gasteiger partial charge in [0.05, 0.1) is 38.1 Å². The summed E-state index contributed by atoms with van der Waals surface area (Å²) in [6, 6.07) is 14.0. The monoisotopic (exact) mass is 406 g/mol. The van der Waals surface area contributed by atoms with Crippen molar-refractivity contribution < 1.29 is 9.47 Å². The molecule has 4 aromatic rings. The van der Waals surface area contributed by atoms with Crippen molar-refractivity contribution in [1.29, 1.82) is 0 Å². The van der Waals surface area contributed by atoms with Crippen LogP contribution in [-0.2, 0) is 4.74 Å². The third-order valence-electron chi connectivity index (χ3n) is 5.05. The lowest BCUT2D eigenvalue weighted by Crippen LogP contribution is -2.30. The van der Waals surface area contributed by atoms with Crippen LogP contribution in [0.4, 0.5) is 11.4 Å². The van der Waals surface area contributed by atoms with Crippen LogP contribution in [0.3, 0.4) is 0 Å². The molecule has 1 aliphatic heterocycles. The highest BCUT2D eigenvalue weighted by atomic mass is 35.5. The second kappa shape index (κ2) is 7.39. The van der Waals surface area contributed by atoms with E-state index in [1.807, 2.05) is 53.5 Å². The lowest BCUT2D eigenvalue weighted by Gasteiger charge is -2.25. The van der Waals surface area contributed by atoms with Gasteiger partial charge >= 0.3 is 0 Å². The molecule has 0 unspecified atom stereocenters. The Morgan fingerprint density at radius 3 is 2.83 bits per heavy atom. The molecule has 1 fully saturated rings. The van der Waals surface area contributed by atoms with Gasteiger partial charge in [-0.25, -0.2) is 0 Å². The summed E-state index contributed by atoms with van der Waals surface area (Å²) in [7, 11) is 1.67. The molecule has 0 radical (unpaired) electrons. The maximum Gasteiger partial charge on any atom is 0.121 e. The number of anilines is 2. The molecular weight excluding hydrogens is 388 g/mol. The van der Waals surface area contributed by atoms with E-state index in [1.165, 1.54) is 0 Å². The summed E-state index contributed by atoms with van der Waals surface area (Å²) in [6.45, 7) is 1.42. The summed E-state index contributed by atoms with van der Waals surface area (Å²) in [5.41, 5.74) is 4.77. The predicted molar refractivity (Wildman–Crippen MR) is 114 cm³/mol. The SMILES string of the molecule is COc1cc(Nc2ccnc3ccc(Cl)cc23)cc(-c2cnn(C3COC3)c2)c1. The van der Waals surface area contributed by atoms with E-state index in [1.54, 1.807) is 13.3 Å². The van der Waals surface area contributed by atoms with Crippen molar-refractivity contribution in [3.63, 3.8) is 0 Å². The summed E-state index contributed by atoms with van der Waals surface area (Å²) in [5.74, 6) is 0.765. The molecule has 2 aromatic carbocycles. The summed E-state index contributed by atoms with van der Waals surface area (Å²) in [5, 5.41) is 9.61. The van der Waals surface area contributed by atoms with Crippen molar-refractivity contribution >= 4 is 33.9 Å². The zero-order valence-corrected chi connectivity index (χ0v) is 16.6. The lowest BCUT2D eigenvalue weighted by atomic mass is 10.1. The van der Waals surface area contributed by atoms with Gasteiger partial charge in [0.1, 0.15) is 5.75 Å². The molecule has 1 N–H and O–H groups in total. The molecule has 146 valence electrons. The number of nitrogens with zero attached hydrogens (tertiary/aromatic N) is 3. The molecular formula is C22H19ClN4O2. The predicted octanol–water partition coefficient (Wildman–Crippen LogP) is 5.08. The van der Waals surface area contributed by atoms with Crippen molar-refractivity contribution in [2.75, 3.05) is 25.6 Å². The van der Waals surface area contributed by atoms with Crippen molar-refractivity contribution in [3.05, 3.63) is 66.1 Å². The number of fused-ring (bicyclic) bond motifs is 1. The van der Waals surface area contributed by atoms with Crippen LogP contribution in [0.1, 0.15) is 6.04 Å². The Balaban J connectivity index is 1.52. The fraction of sp³-hybridized carbons (Fsp3) is 0.182. The van der Waals surface area contributed by atoms with E-state index in [0.717, 1.165) is 39.2 Å². The van der Waals surface area contributed by atoms with E-state index in [4.69, 9.17) is 21.1 Å². The number of methoxy groups -OCH3 is 1. The first-order valence-electron chi connectivity index (χ1n) is 9.32. The first-order valence-corrected chi connectivity index (χ1v) is 9.70. The minimum atomic E-state index is 0.319. The van der Waals surface area contributed by atoms with Crippen LogP contribution in [0, 0.1) is 0 Å². The maximum absolute atomic E-state index is 6.20. The van der Waals surface area contributed by atoms with Crippen LogP contribution in [0.15, 0.2) is 61.1 Å². The van der Waals surface area contributed by atoms with Gasteiger partial charge in [0, 0.05) is 45.8 Å². The number of hydrogen-bond donors (Lipinski definition) is 1. The topological polar surface area (TPSA) is 61.2 Å². The quantitative estimate of drug-likeness (QED) is 0.501. The Bertz CT molecular complexity index is 1190. The van der Waals surface area contributed by atoms with Crippen LogP contribution in [0.25, 0.3) is 22.0 Å². The molecule has 0 aliphatic carbocycles. The van der Waals surface area contributed by atoms with Gasteiger partial charge < -0.3 is 14.8 Å². The molecule has 7 heteroatoms. The molecule has 1 saturated heterocycles. The average Bonchev–Trinajstić information content (AvgIpc) is 3.16. The van der Waals surface area contributed by atoms with Gasteiger partial charge in [-0.2, -0.15) is 5.10 Å². The highest BCUT2D eigenvalue weighted by Gasteiger charge is 2.21. The van der Waals surface area contributed by atoms with Crippen molar-refractivity contribution in [1.82, 2.24) is 14.8 Å². The molecule has 0 atom stereocenters. The molecule has 5 rings (SSSR count). The van der Waals surface area contributed by atoms with Crippen LogP contribution in [0.5, 0.6) is 5.75 Å². The summed E-state index contributed by atoms with van der Waals surface area (Å²) in [6.07, 6.45) is 5.70. The van der Waals surface area contributed by atoms with Crippen LogP contribution >= 0.6 is 11.6 Å². The van der Waals surface area contributed by atoms with Crippen molar-refractivity contribution in [2.24, 2.45) is 0 Å². The van der Waals surface area contributed by atoms with Gasteiger partial charge in [-0.15, -0.1) is 0 Å². The second-order valence-electron chi connectivity index (χ2n) is 7.00. The van der Waals surface area contributed by atoms with Crippen LogP contribution < -0.4 is 10.1 Å². The van der Waals surface area contributed by atoms with E-state index < -0.39 is 0 Å². The molecule has 6 nitrogen and oxygen atoms in total. The minimum absolute atomic E-state index is 0.319. The normalized spacial score (nSPS) is 14.0. The summed E-state index contributed by atoms with van der Waals surface area (Å²) < 4.78 is 12.8. The number of pyridine rings is 1. The fourth-order valence-electron chi connectivity index (χ4n) is 3.40. The summed E-state index contributed by atoms with van der Waals surface area (Å²) >= 11 is 6.20. The van der Waals surface area contributed by atoms with E-state index in [0.29, 0.717) is 24.3 Å². The fourth-order valence-corrected chi connectivity index (χ4v) is 3.57. The third kappa shape index (κ3) is 3.52. The molecule has 29 heavy (non-hydrogen) atoms. The molecule has 2 aromatic heterocycles. The zero-order valence-electron chi connectivity index (χ0n) is 15.8. The summed E-state index contributed by atoms with van der Waals surface area (Å²) in [4.78, 5) is 4.41. The number of hydrogen-bond acceptors (Lipinski definition) is 5. The Labute approximate surface area is 173 Å². The molecule has 1 aliphatic rings. The molecule has 0 spiro atoms. The second-order valence-corrected chi connectivity index (χ2v) is 7.43. The van der Waals surface area contributed by atoms with E-state index in [2.05, 4.69) is 21.5 Å². The number of benzene rings is 2. The van der Waals surface area contributed by atoms with E-state index in [9.17, 15) is 0 Å². The van der Waals surface area contributed by atoms with Crippen LogP contribution in [0.2, 0.25) is 5.02 Å². The zero-order chi connectivity index (χ0) is 19.8. The first kappa shape index (κ1) is 18.0. The lowest BCUT2D eigenvalue weighted by molar-refractivity contribution is -0.0286. The number of aromatic nitrogens is 3. The van der Waals surface area contributed by atoms with Gasteiger partial charge in [-0.05, 0) is 42.0 Å². The van der Waals surface area contributed by atoms with E-state index in [-0.39, 0.29) is 0 Å². The van der Waals surface area contributed by atoms with Gasteiger partial charge in [-0.1, -0.05) is 11.6 Å². The van der Waals surface area contributed by atoms with E-state index >= 15 is 0 Å². The van der Waals surface area contributed by atoms with Crippen molar-refractivity contribution in [3.8, 4) is 16.9 Å². The van der Waals surface area contributed by atoms with Gasteiger partial charge in [-0.3, -0.25) is 9.67 Å². The first-order chi connectivity index (χ1) is 14.2. The molecule has 0 saturated carbocycles. The molecule has 0 bridgehead atoms. The number of halogens is 1. The standard InChI is InChI=1S/C22H19ClN4O2/c1-28-19-7-14(15-10-25-27(11-15)18-12-29-13-18)6-17(9-19)26-22-4-5-24-21-3-2-16(23)8-20(21)22/h2-11,18H,12-13H2,1H3,(H,24,26). The van der Waals surface area contributed by atoms with Gasteiger partial charge in [0.15, 0.2) is 0 Å². The Hall–Kier alpha value is -3.09. The van der Waals surface area contributed by atoms with Crippen LogP contribution in [-0.4, -0.2) is 35.1 Å². The Morgan fingerprint density at radius 2 is 2.03 bits per heavy atom. The van der Waals surface area contributed by atoms with Gasteiger partial charge in [0.25, 0.3) is 0 Å². The number of nitrogens with one attached hydrogen (secondary N) is 1. The number of ether oxygens (including phenoxy) is 2. The largest absolute Gasteiger partial charge is 0.497 e. The molecule has 0 amide bonds. The van der Waals surface area contributed by atoms with Crippen molar-refractivity contribution in [2.45, 2.75) is 6.04 Å². The minimum Gasteiger partial charge on any atom is -0.497 e. The highest BCUT2D eigenvalue weighted by molar-refractivity contribution is 6.31. The Kier molecular flexibility index (Phi) is 4.58. The average molecular weight is 407 g/mol. The number of rotatable bonds is 5. The third-order valence-corrected chi connectivity index (χ3v) is 5.29. The molecule has 3 heterocycles. The maximum atomic E-state index is 6.20. The van der Waals surface area contributed by atoms with Gasteiger partial charge in [0.2, 0.25) is 0 Å².